The van der Waals surface area contributed by atoms with Gasteiger partial charge >= 0.3 is 0 Å². The lowest BCUT2D eigenvalue weighted by molar-refractivity contribution is 0.180. The average molecular weight is 375 g/mol. The highest BCUT2D eigenvalue weighted by Crippen LogP contribution is 2.32. The molecule has 0 saturated carbocycles. The maximum atomic E-state index is 6.13. The Morgan fingerprint density at radius 3 is 2.35 bits per heavy atom. The van der Waals surface area contributed by atoms with E-state index in [9.17, 15) is 0 Å². The normalized spacial score (nSPS) is 13.8. The summed E-state index contributed by atoms with van der Waals surface area (Å²) in [5, 5.41) is 1.08. The van der Waals surface area contributed by atoms with Gasteiger partial charge in [-0.1, -0.05) is 51.3 Å². The summed E-state index contributed by atoms with van der Waals surface area (Å²) in [7, 11) is 0. The Kier molecular flexibility index (Phi) is 5.33. The van der Waals surface area contributed by atoms with E-state index >= 15 is 0 Å². The van der Waals surface area contributed by atoms with Crippen molar-refractivity contribution in [1.82, 2.24) is 0 Å². The fourth-order valence-electron chi connectivity index (χ4n) is 1.84. The smallest absolute Gasteiger partial charge is 0.140 e. The van der Waals surface area contributed by atoms with Crippen LogP contribution in [0.5, 0.6) is 5.75 Å². The Morgan fingerprint density at radius 2 is 1.75 bits per heavy atom. The van der Waals surface area contributed by atoms with Gasteiger partial charge in [-0.3, -0.25) is 0 Å². The van der Waals surface area contributed by atoms with E-state index in [0.717, 1.165) is 10.0 Å². The Bertz CT molecular complexity index is 587. The van der Waals surface area contributed by atoms with Gasteiger partial charge < -0.3 is 10.5 Å². The van der Waals surface area contributed by atoms with Crippen molar-refractivity contribution in [3.05, 3.63) is 62.5 Å². The van der Waals surface area contributed by atoms with Crippen LogP contribution in [-0.2, 0) is 0 Å². The van der Waals surface area contributed by atoms with Crippen molar-refractivity contribution in [1.29, 1.82) is 0 Å². The van der Waals surface area contributed by atoms with Crippen LogP contribution in [0.2, 0.25) is 10.0 Å². The third kappa shape index (κ3) is 3.89. The van der Waals surface area contributed by atoms with E-state index in [0.29, 0.717) is 15.8 Å². The minimum Gasteiger partial charge on any atom is -0.482 e. The number of benzene rings is 2. The van der Waals surface area contributed by atoms with Crippen molar-refractivity contribution in [2.24, 2.45) is 5.73 Å². The highest BCUT2D eigenvalue weighted by molar-refractivity contribution is 9.10. The zero-order valence-electron chi connectivity index (χ0n) is 10.8. The molecular weight excluding hydrogens is 361 g/mol. The highest BCUT2D eigenvalue weighted by Gasteiger charge is 2.19. The molecule has 0 aliphatic heterocycles. The molecule has 2 nitrogen and oxygen atoms in total. The van der Waals surface area contributed by atoms with Crippen LogP contribution in [0.4, 0.5) is 0 Å². The number of ether oxygens (including phenoxy) is 1. The van der Waals surface area contributed by atoms with Gasteiger partial charge in [-0.05, 0) is 36.8 Å². The predicted molar refractivity (Wildman–Crippen MR) is 87.6 cm³/mol. The summed E-state index contributed by atoms with van der Waals surface area (Å²) in [6.45, 7) is 1.89. The second-order valence-corrected chi connectivity index (χ2v) is 6.28. The monoisotopic (exact) mass is 373 g/mol. The molecule has 2 aromatic carbocycles. The van der Waals surface area contributed by atoms with E-state index in [4.69, 9.17) is 33.7 Å². The number of hydrogen-bond donors (Lipinski definition) is 1. The van der Waals surface area contributed by atoms with Gasteiger partial charge in [0.15, 0.2) is 0 Å². The second-order valence-electron chi connectivity index (χ2n) is 4.52. The van der Waals surface area contributed by atoms with Crippen LogP contribution in [-0.4, -0.2) is 6.04 Å². The van der Waals surface area contributed by atoms with Crippen LogP contribution >= 0.6 is 39.1 Å². The van der Waals surface area contributed by atoms with Gasteiger partial charge in [0, 0.05) is 21.6 Å². The quantitative estimate of drug-likeness (QED) is 0.795. The van der Waals surface area contributed by atoms with Crippen molar-refractivity contribution in [2.75, 3.05) is 0 Å². The molecule has 0 radical (unpaired) electrons. The standard InChI is InChI=1S/C15H14BrCl2NO/c1-9(19)15(10-2-4-11(16)5-3-10)20-14-8-12(17)6-7-13(14)18/h2-9,15H,19H2,1H3. The first-order valence-electron chi connectivity index (χ1n) is 6.10. The van der Waals surface area contributed by atoms with E-state index in [1.54, 1.807) is 18.2 Å². The van der Waals surface area contributed by atoms with E-state index in [1.807, 2.05) is 31.2 Å². The molecule has 2 atom stereocenters. The summed E-state index contributed by atoms with van der Waals surface area (Å²) >= 11 is 15.5. The summed E-state index contributed by atoms with van der Waals surface area (Å²) in [4.78, 5) is 0. The third-order valence-corrected chi connectivity index (χ3v) is 3.90. The molecule has 2 rings (SSSR count). The molecule has 2 N–H and O–H groups in total. The molecule has 106 valence electrons. The van der Waals surface area contributed by atoms with Gasteiger partial charge in [-0.25, -0.2) is 0 Å². The summed E-state index contributed by atoms with van der Waals surface area (Å²) < 4.78 is 6.96. The van der Waals surface area contributed by atoms with E-state index in [1.165, 1.54) is 0 Å². The van der Waals surface area contributed by atoms with Crippen LogP contribution < -0.4 is 10.5 Å². The molecule has 0 bridgehead atoms. The fourth-order valence-corrected chi connectivity index (χ4v) is 2.42. The summed E-state index contributed by atoms with van der Waals surface area (Å²) in [5.41, 5.74) is 7.02. The Morgan fingerprint density at radius 1 is 1.10 bits per heavy atom. The van der Waals surface area contributed by atoms with E-state index in [-0.39, 0.29) is 12.1 Å². The molecule has 2 aromatic rings. The second kappa shape index (κ2) is 6.81. The first kappa shape index (κ1) is 15.6. The first-order chi connectivity index (χ1) is 9.47. The van der Waals surface area contributed by atoms with E-state index in [2.05, 4.69) is 15.9 Å². The zero-order chi connectivity index (χ0) is 14.7. The van der Waals surface area contributed by atoms with Crippen molar-refractivity contribution < 1.29 is 4.74 Å². The highest BCUT2D eigenvalue weighted by atomic mass is 79.9. The van der Waals surface area contributed by atoms with Gasteiger partial charge in [0.25, 0.3) is 0 Å². The molecule has 0 heterocycles. The number of rotatable bonds is 4. The predicted octanol–water partition coefficient (Wildman–Crippen LogP) is 5.22. The summed E-state index contributed by atoms with van der Waals surface area (Å²) in [5.74, 6) is 0.532. The molecule has 0 aromatic heterocycles. The maximum Gasteiger partial charge on any atom is 0.140 e. The lowest BCUT2D eigenvalue weighted by Gasteiger charge is -2.23. The fraction of sp³-hybridized carbons (Fsp3) is 0.200. The minimum atomic E-state index is -0.293. The Hall–Kier alpha value is -0.740. The largest absolute Gasteiger partial charge is 0.482 e. The van der Waals surface area contributed by atoms with Crippen LogP contribution in [0.25, 0.3) is 0 Å². The Labute approximate surface area is 137 Å². The molecule has 0 fully saturated rings. The molecule has 0 saturated heterocycles. The molecule has 0 amide bonds. The average Bonchev–Trinajstić information content (AvgIpc) is 2.40. The summed E-state index contributed by atoms with van der Waals surface area (Å²) in [6.07, 6.45) is -0.293. The van der Waals surface area contributed by atoms with Crippen LogP contribution in [0, 0.1) is 0 Å². The topological polar surface area (TPSA) is 35.2 Å². The van der Waals surface area contributed by atoms with Crippen LogP contribution in [0.3, 0.4) is 0 Å². The molecule has 5 heteroatoms. The maximum absolute atomic E-state index is 6.13. The molecule has 0 aliphatic carbocycles. The number of halogens is 3. The lowest BCUT2D eigenvalue weighted by Crippen LogP contribution is -2.29. The molecule has 0 spiro atoms. The van der Waals surface area contributed by atoms with Crippen molar-refractivity contribution in [2.45, 2.75) is 19.1 Å². The van der Waals surface area contributed by atoms with Gasteiger partial charge in [0.1, 0.15) is 11.9 Å². The van der Waals surface area contributed by atoms with Crippen LogP contribution in [0.15, 0.2) is 46.9 Å². The van der Waals surface area contributed by atoms with Gasteiger partial charge in [0.2, 0.25) is 0 Å². The summed E-state index contributed by atoms with van der Waals surface area (Å²) in [6, 6.07) is 12.8. The van der Waals surface area contributed by atoms with Crippen molar-refractivity contribution >= 4 is 39.1 Å². The van der Waals surface area contributed by atoms with Crippen LogP contribution in [0.1, 0.15) is 18.6 Å². The molecule has 2 unspecified atom stereocenters. The Balaban J connectivity index is 2.30. The van der Waals surface area contributed by atoms with Gasteiger partial charge in [-0.2, -0.15) is 0 Å². The number of hydrogen-bond acceptors (Lipinski definition) is 2. The zero-order valence-corrected chi connectivity index (χ0v) is 13.9. The van der Waals surface area contributed by atoms with Crippen molar-refractivity contribution in [3.8, 4) is 5.75 Å². The first-order valence-corrected chi connectivity index (χ1v) is 7.65. The SMILES string of the molecule is CC(N)C(Oc1cc(Cl)ccc1Cl)c1ccc(Br)cc1. The van der Waals surface area contributed by atoms with Gasteiger partial charge in [0.05, 0.1) is 5.02 Å². The van der Waals surface area contributed by atoms with Gasteiger partial charge in [-0.15, -0.1) is 0 Å². The number of nitrogens with two attached hydrogens (primary N) is 1. The minimum absolute atomic E-state index is 0.189. The third-order valence-electron chi connectivity index (χ3n) is 2.82. The molecule has 20 heavy (non-hydrogen) atoms. The molecule has 0 aliphatic rings. The molecular formula is C15H14BrCl2NO. The van der Waals surface area contributed by atoms with Crippen molar-refractivity contribution in [3.63, 3.8) is 0 Å². The van der Waals surface area contributed by atoms with E-state index < -0.39 is 0 Å². The lowest BCUT2D eigenvalue weighted by atomic mass is 10.0.